The molecule has 0 aromatic carbocycles. The van der Waals surface area contributed by atoms with E-state index in [1.807, 2.05) is 0 Å². The zero-order chi connectivity index (χ0) is 40.1. The molecule has 0 bridgehead atoms. The van der Waals surface area contributed by atoms with Crippen molar-refractivity contribution >= 4 is 5.91 Å². The molecule has 3 unspecified atom stereocenters. The van der Waals surface area contributed by atoms with Gasteiger partial charge in [-0.1, -0.05) is 211 Å². The number of aliphatic hydroxyl groups excluding tert-OH is 3. The van der Waals surface area contributed by atoms with Crippen LogP contribution >= 0.6 is 0 Å². The van der Waals surface area contributed by atoms with Crippen molar-refractivity contribution in [3.8, 4) is 0 Å². The molecular weight excluding hydrogens is 679 g/mol. The largest absolute Gasteiger partial charge is 0.394 e. The lowest BCUT2D eigenvalue weighted by Crippen LogP contribution is -2.50. The fourth-order valence-corrected chi connectivity index (χ4v) is 7.43. The molecule has 0 radical (unpaired) electrons. The fourth-order valence-electron chi connectivity index (χ4n) is 7.43. The summed E-state index contributed by atoms with van der Waals surface area (Å²) in [5, 5.41) is 33.6. The van der Waals surface area contributed by atoms with E-state index in [0.29, 0.717) is 12.8 Å². The molecule has 0 fully saturated rings. The highest BCUT2D eigenvalue weighted by Gasteiger charge is 2.26. The summed E-state index contributed by atoms with van der Waals surface area (Å²) in [5.41, 5.74) is 0. The van der Waals surface area contributed by atoms with E-state index in [9.17, 15) is 20.1 Å². The van der Waals surface area contributed by atoms with E-state index in [0.717, 1.165) is 51.4 Å². The zero-order valence-corrected chi connectivity index (χ0v) is 36.8. The molecule has 324 valence electrons. The van der Waals surface area contributed by atoms with Crippen molar-refractivity contribution in [2.75, 3.05) is 6.61 Å². The maximum atomic E-state index is 12.5. The van der Waals surface area contributed by atoms with E-state index in [-0.39, 0.29) is 12.5 Å². The average Bonchev–Trinajstić information content (AvgIpc) is 3.19. The number of rotatable bonds is 44. The van der Waals surface area contributed by atoms with E-state index in [2.05, 4.69) is 55.6 Å². The van der Waals surface area contributed by atoms with E-state index in [1.165, 1.54) is 173 Å². The molecule has 5 nitrogen and oxygen atoms in total. The highest BCUT2D eigenvalue weighted by atomic mass is 16.3. The summed E-state index contributed by atoms with van der Waals surface area (Å²) >= 11 is 0. The van der Waals surface area contributed by atoms with Gasteiger partial charge in [0.05, 0.1) is 18.8 Å². The van der Waals surface area contributed by atoms with Gasteiger partial charge in [-0.05, 0) is 70.6 Å². The second-order valence-corrected chi connectivity index (χ2v) is 16.7. The highest BCUT2D eigenvalue weighted by molar-refractivity contribution is 5.76. The minimum Gasteiger partial charge on any atom is -0.394 e. The highest BCUT2D eigenvalue weighted by Crippen LogP contribution is 2.15. The maximum absolute atomic E-state index is 12.5. The van der Waals surface area contributed by atoms with Crippen molar-refractivity contribution < 1.29 is 20.1 Å². The number of carbonyl (C=O) groups excluding carboxylic acids is 1. The third-order valence-electron chi connectivity index (χ3n) is 11.2. The first kappa shape index (κ1) is 53.6. The van der Waals surface area contributed by atoms with Crippen LogP contribution < -0.4 is 5.32 Å². The Morgan fingerprint density at radius 2 is 0.782 bits per heavy atom. The Morgan fingerprint density at radius 1 is 0.455 bits per heavy atom. The van der Waals surface area contributed by atoms with Gasteiger partial charge in [0.2, 0.25) is 5.91 Å². The monoisotopic (exact) mass is 774 g/mol. The summed E-state index contributed by atoms with van der Waals surface area (Å²) in [7, 11) is 0. The average molecular weight is 774 g/mol. The molecule has 0 aromatic rings. The Hall–Kier alpha value is -1.43. The van der Waals surface area contributed by atoms with Gasteiger partial charge in [0.25, 0.3) is 0 Å². The zero-order valence-electron chi connectivity index (χ0n) is 36.8. The third kappa shape index (κ3) is 40.6. The number of nitrogens with one attached hydrogen (secondary N) is 1. The van der Waals surface area contributed by atoms with Gasteiger partial charge in [0, 0.05) is 6.42 Å². The van der Waals surface area contributed by atoms with Crippen molar-refractivity contribution in [1.29, 1.82) is 0 Å². The van der Waals surface area contributed by atoms with E-state index < -0.39 is 18.2 Å². The molecule has 0 aliphatic rings. The molecule has 0 saturated heterocycles. The normalized spacial score (nSPS) is 13.8. The lowest BCUT2D eigenvalue weighted by molar-refractivity contribution is -0.124. The number of hydrogen-bond acceptors (Lipinski definition) is 4. The summed E-state index contributed by atoms with van der Waals surface area (Å²) in [4.78, 5) is 12.5. The summed E-state index contributed by atoms with van der Waals surface area (Å²) in [6.07, 6.45) is 56.9. The molecule has 0 aromatic heterocycles. The molecule has 0 aliphatic heterocycles. The van der Waals surface area contributed by atoms with Crippen LogP contribution in [-0.4, -0.2) is 46.1 Å². The van der Waals surface area contributed by atoms with Gasteiger partial charge in [-0.2, -0.15) is 0 Å². The Balaban J connectivity index is 3.65. The first-order chi connectivity index (χ1) is 27.1. The topological polar surface area (TPSA) is 89.8 Å². The van der Waals surface area contributed by atoms with Crippen LogP contribution in [0, 0.1) is 0 Å². The smallest absolute Gasteiger partial charge is 0.220 e. The van der Waals surface area contributed by atoms with Crippen molar-refractivity contribution in [3.63, 3.8) is 0 Å². The van der Waals surface area contributed by atoms with Crippen molar-refractivity contribution in [2.24, 2.45) is 0 Å². The minimum atomic E-state index is -1.16. The van der Waals surface area contributed by atoms with Gasteiger partial charge in [-0.25, -0.2) is 0 Å². The summed E-state index contributed by atoms with van der Waals surface area (Å²) in [5.74, 6) is -0.161. The van der Waals surface area contributed by atoms with Crippen LogP contribution in [0.25, 0.3) is 0 Å². The lowest BCUT2D eigenvalue weighted by Gasteiger charge is -2.26. The van der Waals surface area contributed by atoms with Gasteiger partial charge >= 0.3 is 0 Å². The molecule has 0 aliphatic carbocycles. The first-order valence-electron chi connectivity index (χ1n) is 24.3. The molecular formula is C50H95NO4. The van der Waals surface area contributed by atoms with Gasteiger partial charge in [0.1, 0.15) is 6.10 Å². The molecule has 0 saturated carbocycles. The Morgan fingerprint density at radius 3 is 1.16 bits per heavy atom. The van der Waals surface area contributed by atoms with Gasteiger partial charge in [-0.15, -0.1) is 0 Å². The number of hydrogen-bond donors (Lipinski definition) is 4. The Kier molecular flexibility index (Phi) is 44.1. The summed E-state index contributed by atoms with van der Waals surface area (Å²) in [6, 6.07) is -0.830. The van der Waals surface area contributed by atoms with Crippen LogP contribution in [0.2, 0.25) is 0 Å². The second kappa shape index (κ2) is 45.3. The third-order valence-corrected chi connectivity index (χ3v) is 11.2. The molecule has 0 spiro atoms. The minimum absolute atomic E-state index is 0.161. The molecule has 0 heterocycles. The first-order valence-corrected chi connectivity index (χ1v) is 24.3. The molecule has 55 heavy (non-hydrogen) atoms. The number of aliphatic hydroxyl groups is 3. The molecule has 0 rings (SSSR count). The molecule has 4 N–H and O–H groups in total. The molecule has 5 heteroatoms. The predicted molar refractivity (Wildman–Crippen MR) is 241 cm³/mol. The van der Waals surface area contributed by atoms with Crippen LogP contribution in [0.1, 0.15) is 251 Å². The van der Waals surface area contributed by atoms with Gasteiger partial charge < -0.3 is 20.6 Å². The van der Waals surface area contributed by atoms with Gasteiger partial charge in [0.15, 0.2) is 0 Å². The number of allylic oxidation sites excluding steroid dienone is 6. The van der Waals surface area contributed by atoms with Crippen molar-refractivity contribution in [1.82, 2.24) is 5.32 Å². The van der Waals surface area contributed by atoms with Crippen LogP contribution in [0.4, 0.5) is 0 Å². The Labute approximate surface area is 343 Å². The van der Waals surface area contributed by atoms with Crippen molar-refractivity contribution in [2.45, 2.75) is 270 Å². The van der Waals surface area contributed by atoms with Crippen LogP contribution in [0.15, 0.2) is 36.5 Å². The quantitative estimate of drug-likeness (QED) is 0.0367. The maximum Gasteiger partial charge on any atom is 0.220 e. The van der Waals surface area contributed by atoms with E-state index >= 15 is 0 Å². The standard InChI is InChI=1S/C50H95NO4/c1-3-5-7-9-11-13-15-17-19-21-23-24-25-26-27-29-31-33-35-37-39-41-43-45-49(54)51-47(46-52)50(55)48(53)44-42-40-38-36-34-32-30-28-22-20-18-16-14-12-10-8-6-4-2/h23-24,26-27,36,38,47-48,50,52-53,55H,3-22,25,28-35,37,39-46H2,1-2H3,(H,51,54)/b24-23-,27-26-,38-36+. The van der Waals surface area contributed by atoms with Crippen LogP contribution in [0.5, 0.6) is 0 Å². The van der Waals surface area contributed by atoms with E-state index in [1.54, 1.807) is 0 Å². The second-order valence-electron chi connectivity index (χ2n) is 16.7. The van der Waals surface area contributed by atoms with Gasteiger partial charge in [-0.3, -0.25) is 4.79 Å². The molecule has 1 amide bonds. The van der Waals surface area contributed by atoms with Crippen molar-refractivity contribution in [3.05, 3.63) is 36.5 Å². The van der Waals surface area contributed by atoms with Crippen LogP contribution in [-0.2, 0) is 4.79 Å². The van der Waals surface area contributed by atoms with E-state index in [4.69, 9.17) is 0 Å². The number of amides is 1. The molecule has 3 atom stereocenters. The Bertz CT molecular complexity index is 855. The summed E-state index contributed by atoms with van der Waals surface area (Å²) in [6.45, 7) is 4.18. The predicted octanol–water partition coefficient (Wildman–Crippen LogP) is 14.3. The SMILES string of the molecule is CCCCCCCCCCC/C=C\C/C=C\CCCCCCCCCC(=O)NC(CO)C(O)C(O)CCC/C=C/CCCCCCCCCCCCCCC. The van der Waals surface area contributed by atoms with Crippen LogP contribution in [0.3, 0.4) is 0 Å². The number of unbranched alkanes of at least 4 members (excludes halogenated alkanes) is 30. The number of carbonyl (C=O) groups is 1. The fraction of sp³-hybridized carbons (Fsp3) is 0.860. The lowest BCUT2D eigenvalue weighted by atomic mass is 10.0. The summed E-state index contributed by atoms with van der Waals surface area (Å²) < 4.78 is 0.